The number of aryl methyl sites for hydroxylation is 2. The van der Waals surface area contributed by atoms with Gasteiger partial charge in [0.15, 0.2) is 0 Å². The number of likely N-dealkylation sites (tertiary alicyclic amines) is 1. The quantitative estimate of drug-likeness (QED) is 0.869. The zero-order valence-corrected chi connectivity index (χ0v) is 13.1. The zero-order valence-electron chi connectivity index (χ0n) is 13.1. The van der Waals surface area contributed by atoms with E-state index in [-0.39, 0.29) is 18.2 Å². The van der Waals surface area contributed by atoms with Gasteiger partial charge >= 0.3 is 0 Å². The van der Waals surface area contributed by atoms with Gasteiger partial charge in [0.25, 0.3) is 0 Å². The van der Waals surface area contributed by atoms with E-state index in [4.69, 9.17) is 0 Å². The van der Waals surface area contributed by atoms with Crippen molar-refractivity contribution in [2.75, 3.05) is 18.4 Å². The van der Waals surface area contributed by atoms with Gasteiger partial charge in [-0.15, -0.1) is 0 Å². The van der Waals surface area contributed by atoms with E-state index in [0.717, 1.165) is 36.3 Å². The number of hydrogen-bond donors (Lipinski definition) is 1. The fraction of sp³-hybridized carbons (Fsp3) is 0.529. The first-order valence-electron chi connectivity index (χ1n) is 7.60. The number of hydrogen-bond acceptors (Lipinski definition) is 2. The first kappa shape index (κ1) is 15.5. The normalized spacial score (nSPS) is 18.4. The van der Waals surface area contributed by atoms with E-state index in [1.165, 1.54) is 6.42 Å². The molecule has 1 saturated heterocycles. The Bertz CT molecular complexity index is 540. The summed E-state index contributed by atoms with van der Waals surface area (Å²) in [7, 11) is 0. The average molecular weight is 288 g/mol. The Morgan fingerprint density at radius 3 is 2.81 bits per heavy atom. The molecule has 1 unspecified atom stereocenters. The van der Waals surface area contributed by atoms with Crippen molar-refractivity contribution in [3.8, 4) is 0 Å². The van der Waals surface area contributed by atoms with Gasteiger partial charge in [0, 0.05) is 18.8 Å². The summed E-state index contributed by atoms with van der Waals surface area (Å²) >= 11 is 0. The highest BCUT2D eigenvalue weighted by Crippen LogP contribution is 2.18. The van der Waals surface area contributed by atoms with Gasteiger partial charge in [-0.25, -0.2) is 0 Å². The fourth-order valence-electron chi connectivity index (χ4n) is 2.73. The molecule has 0 radical (unpaired) electrons. The summed E-state index contributed by atoms with van der Waals surface area (Å²) in [5, 5.41) is 2.85. The Labute approximate surface area is 126 Å². The molecule has 114 valence electrons. The van der Waals surface area contributed by atoms with Crippen LogP contribution in [0.4, 0.5) is 5.69 Å². The lowest BCUT2D eigenvalue weighted by molar-refractivity contribution is -0.136. The fourth-order valence-corrected chi connectivity index (χ4v) is 2.73. The highest BCUT2D eigenvalue weighted by molar-refractivity contribution is 6.03. The largest absolute Gasteiger partial charge is 0.342 e. The molecule has 0 spiro atoms. The number of nitrogens with zero attached hydrogens (tertiary/aromatic N) is 1. The Morgan fingerprint density at radius 2 is 2.10 bits per heavy atom. The second-order valence-electron chi connectivity index (χ2n) is 6.13. The van der Waals surface area contributed by atoms with Crippen molar-refractivity contribution in [3.63, 3.8) is 0 Å². The summed E-state index contributed by atoms with van der Waals surface area (Å²) in [6, 6.07) is 5.91. The van der Waals surface area contributed by atoms with Crippen LogP contribution in [0.25, 0.3) is 0 Å². The van der Waals surface area contributed by atoms with E-state index >= 15 is 0 Å². The molecule has 2 amide bonds. The van der Waals surface area contributed by atoms with Crippen LogP contribution in [0.5, 0.6) is 0 Å². The minimum atomic E-state index is -0.230. The SMILES string of the molecule is Cc1ccc(C)c(NC(=O)CC(=O)N2CCCC(C)C2)c1. The lowest BCUT2D eigenvalue weighted by atomic mass is 10.00. The molecule has 1 aromatic rings. The van der Waals surface area contributed by atoms with Gasteiger partial charge in [-0.1, -0.05) is 19.1 Å². The van der Waals surface area contributed by atoms with Crippen molar-refractivity contribution in [3.05, 3.63) is 29.3 Å². The molecule has 0 aliphatic carbocycles. The van der Waals surface area contributed by atoms with Gasteiger partial charge in [0.1, 0.15) is 6.42 Å². The number of amides is 2. The monoisotopic (exact) mass is 288 g/mol. The number of rotatable bonds is 3. The van der Waals surface area contributed by atoms with Gasteiger partial charge in [-0.3, -0.25) is 9.59 Å². The van der Waals surface area contributed by atoms with Crippen LogP contribution in [0.2, 0.25) is 0 Å². The van der Waals surface area contributed by atoms with Crippen molar-refractivity contribution in [2.24, 2.45) is 5.92 Å². The molecule has 4 nitrogen and oxygen atoms in total. The van der Waals surface area contributed by atoms with Gasteiger partial charge in [-0.2, -0.15) is 0 Å². The topological polar surface area (TPSA) is 49.4 Å². The number of anilines is 1. The van der Waals surface area contributed by atoms with Crippen LogP contribution in [0.1, 0.15) is 37.3 Å². The molecule has 1 atom stereocenters. The molecular formula is C17H24N2O2. The van der Waals surface area contributed by atoms with E-state index in [1.807, 2.05) is 36.9 Å². The lowest BCUT2D eigenvalue weighted by Gasteiger charge is -2.30. The number of carbonyl (C=O) groups is 2. The maximum absolute atomic E-state index is 12.2. The van der Waals surface area contributed by atoms with Gasteiger partial charge in [0.05, 0.1) is 0 Å². The standard InChI is InChI=1S/C17H24N2O2/c1-12-6-7-14(3)15(9-12)18-16(20)10-17(21)19-8-4-5-13(2)11-19/h6-7,9,13H,4-5,8,10-11H2,1-3H3,(H,18,20). The maximum atomic E-state index is 12.2. The zero-order chi connectivity index (χ0) is 15.4. The van der Waals surface area contributed by atoms with Gasteiger partial charge in [0.2, 0.25) is 11.8 Å². The van der Waals surface area contributed by atoms with E-state index < -0.39 is 0 Å². The number of piperidine rings is 1. The van der Waals surface area contributed by atoms with Crippen LogP contribution in [0.15, 0.2) is 18.2 Å². The number of benzene rings is 1. The molecule has 2 rings (SSSR count). The molecule has 1 fully saturated rings. The summed E-state index contributed by atoms with van der Waals surface area (Å²) < 4.78 is 0. The number of carbonyl (C=O) groups excluding carboxylic acids is 2. The molecule has 0 aromatic heterocycles. The molecule has 1 aromatic carbocycles. The first-order valence-corrected chi connectivity index (χ1v) is 7.60. The average Bonchev–Trinajstić information content (AvgIpc) is 2.42. The first-order chi connectivity index (χ1) is 9.95. The lowest BCUT2D eigenvalue weighted by Crippen LogP contribution is -2.40. The predicted octanol–water partition coefficient (Wildman–Crippen LogP) is 2.89. The van der Waals surface area contributed by atoms with Crippen molar-refractivity contribution in [1.29, 1.82) is 0 Å². The second-order valence-corrected chi connectivity index (χ2v) is 6.13. The van der Waals surface area contributed by atoms with Gasteiger partial charge in [-0.05, 0) is 49.8 Å². The molecule has 4 heteroatoms. The van der Waals surface area contributed by atoms with E-state index in [2.05, 4.69) is 12.2 Å². The van der Waals surface area contributed by atoms with E-state index in [0.29, 0.717) is 5.92 Å². The summed E-state index contributed by atoms with van der Waals surface area (Å²) in [6.07, 6.45) is 2.13. The highest BCUT2D eigenvalue weighted by Gasteiger charge is 2.22. The third kappa shape index (κ3) is 4.31. The molecule has 0 saturated carbocycles. The van der Waals surface area contributed by atoms with E-state index in [9.17, 15) is 9.59 Å². The Hall–Kier alpha value is -1.84. The van der Waals surface area contributed by atoms with Crippen molar-refractivity contribution in [1.82, 2.24) is 4.90 Å². The third-order valence-corrected chi connectivity index (χ3v) is 3.99. The molecule has 1 aliphatic heterocycles. The minimum absolute atomic E-state index is 0.0654. The predicted molar refractivity (Wildman–Crippen MR) is 84.1 cm³/mol. The van der Waals surface area contributed by atoms with Crippen molar-refractivity contribution in [2.45, 2.75) is 40.0 Å². The second kappa shape index (κ2) is 6.74. The van der Waals surface area contributed by atoms with Crippen molar-refractivity contribution >= 4 is 17.5 Å². The van der Waals surface area contributed by atoms with Crippen LogP contribution in [0, 0.1) is 19.8 Å². The van der Waals surface area contributed by atoms with Gasteiger partial charge < -0.3 is 10.2 Å². The van der Waals surface area contributed by atoms with Crippen LogP contribution >= 0.6 is 0 Å². The minimum Gasteiger partial charge on any atom is -0.342 e. The summed E-state index contributed by atoms with van der Waals surface area (Å²) in [5.41, 5.74) is 2.89. The van der Waals surface area contributed by atoms with E-state index in [1.54, 1.807) is 0 Å². The Morgan fingerprint density at radius 1 is 1.33 bits per heavy atom. The Balaban J connectivity index is 1.92. The Kier molecular flexibility index (Phi) is 4.99. The maximum Gasteiger partial charge on any atom is 0.233 e. The van der Waals surface area contributed by atoms with Crippen molar-refractivity contribution < 1.29 is 9.59 Å². The number of nitrogens with one attached hydrogen (secondary N) is 1. The van der Waals surface area contributed by atoms with Crippen LogP contribution in [-0.2, 0) is 9.59 Å². The molecule has 1 heterocycles. The summed E-state index contributed by atoms with van der Waals surface area (Å²) in [5.74, 6) is 0.237. The molecular weight excluding hydrogens is 264 g/mol. The molecule has 0 bridgehead atoms. The van der Waals surface area contributed by atoms with Crippen LogP contribution < -0.4 is 5.32 Å². The molecule has 1 N–H and O–H groups in total. The summed E-state index contributed by atoms with van der Waals surface area (Å²) in [6.45, 7) is 7.63. The van der Waals surface area contributed by atoms with Crippen LogP contribution in [0.3, 0.4) is 0 Å². The third-order valence-electron chi connectivity index (χ3n) is 3.99. The summed E-state index contributed by atoms with van der Waals surface area (Å²) in [4.78, 5) is 26.0. The molecule has 21 heavy (non-hydrogen) atoms. The van der Waals surface area contributed by atoms with Crippen LogP contribution in [-0.4, -0.2) is 29.8 Å². The molecule has 1 aliphatic rings. The smallest absolute Gasteiger partial charge is 0.233 e. The highest BCUT2D eigenvalue weighted by atomic mass is 16.2.